The van der Waals surface area contributed by atoms with E-state index in [4.69, 9.17) is 0 Å². The van der Waals surface area contributed by atoms with Gasteiger partial charge in [0.15, 0.2) is 0 Å². The minimum atomic E-state index is 0.925. The Kier molecular flexibility index (Phi) is 5.47. The molecule has 17 heavy (non-hydrogen) atoms. The molecule has 0 aliphatic rings. The van der Waals surface area contributed by atoms with Gasteiger partial charge in [-0.15, -0.1) is 0 Å². The normalized spacial score (nSPS) is 9.65. The summed E-state index contributed by atoms with van der Waals surface area (Å²) in [6.45, 7) is 9.16. The minimum absolute atomic E-state index is 0.925. The maximum atomic E-state index is 4.54. The lowest BCUT2D eigenvalue weighted by molar-refractivity contribution is 0.631. The smallest absolute Gasteiger partial charge is 0.0671 e. The van der Waals surface area contributed by atoms with Crippen molar-refractivity contribution < 1.29 is 0 Å². The molecule has 2 heteroatoms. The van der Waals surface area contributed by atoms with Gasteiger partial charge in [-0.1, -0.05) is 44.2 Å². The van der Waals surface area contributed by atoms with Crippen molar-refractivity contribution >= 4 is 0 Å². The van der Waals surface area contributed by atoms with E-state index in [1.54, 1.807) is 0 Å². The third-order valence-corrected chi connectivity index (χ3v) is 2.56. The SMILES string of the molecule is CC.CCn1nc(Cc2ccccc2)cc1C. The van der Waals surface area contributed by atoms with E-state index >= 15 is 0 Å². The molecule has 1 aromatic carbocycles. The highest BCUT2D eigenvalue weighted by Crippen LogP contribution is 2.09. The summed E-state index contributed by atoms with van der Waals surface area (Å²) in [5, 5.41) is 4.54. The zero-order valence-corrected chi connectivity index (χ0v) is 11.3. The van der Waals surface area contributed by atoms with E-state index in [9.17, 15) is 0 Å². The molecule has 1 heterocycles. The average molecular weight is 230 g/mol. The van der Waals surface area contributed by atoms with Crippen molar-refractivity contribution in [2.75, 3.05) is 0 Å². The van der Waals surface area contributed by atoms with Gasteiger partial charge in [0.25, 0.3) is 0 Å². The van der Waals surface area contributed by atoms with E-state index in [0.29, 0.717) is 0 Å². The Morgan fingerprint density at radius 3 is 2.29 bits per heavy atom. The number of rotatable bonds is 3. The molecule has 0 atom stereocenters. The highest BCUT2D eigenvalue weighted by molar-refractivity contribution is 5.22. The fourth-order valence-electron chi connectivity index (χ4n) is 1.79. The summed E-state index contributed by atoms with van der Waals surface area (Å²) in [6.07, 6.45) is 0.925. The van der Waals surface area contributed by atoms with E-state index in [-0.39, 0.29) is 0 Å². The monoisotopic (exact) mass is 230 g/mol. The Morgan fingerprint density at radius 1 is 1.12 bits per heavy atom. The lowest BCUT2D eigenvalue weighted by Gasteiger charge is -1.98. The molecule has 0 fully saturated rings. The van der Waals surface area contributed by atoms with Gasteiger partial charge < -0.3 is 0 Å². The van der Waals surface area contributed by atoms with E-state index in [2.05, 4.69) is 49.3 Å². The zero-order valence-electron chi connectivity index (χ0n) is 11.3. The standard InChI is InChI=1S/C13H16N2.C2H6/c1-3-15-11(2)9-13(14-15)10-12-7-5-4-6-8-12;1-2/h4-9H,3,10H2,1-2H3;1-2H3. The van der Waals surface area contributed by atoms with Crippen LogP contribution in [0.25, 0.3) is 0 Å². The van der Waals surface area contributed by atoms with Crippen molar-refractivity contribution in [1.82, 2.24) is 9.78 Å². The Morgan fingerprint density at radius 2 is 1.76 bits per heavy atom. The number of benzene rings is 1. The van der Waals surface area contributed by atoms with Crippen molar-refractivity contribution in [3.8, 4) is 0 Å². The molecule has 0 amide bonds. The van der Waals surface area contributed by atoms with E-state index < -0.39 is 0 Å². The summed E-state index contributed by atoms with van der Waals surface area (Å²) >= 11 is 0. The van der Waals surface area contributed by atoms with E-state index in [0.717, 1.165) is 18.7 Å². The van der Waals surface area contributed by atoms with Gasteiger partial charge in [-0.2, -0.15) is 5.10 Å². The zero-order chi connectivity index (χ0) is 12.7. The minimum Gasteiger partial charge on any atom is -0.270 e. The summed E-state index contributed by atoms with van der Waals surface area (Å²) in [6, 6.07) is 12.6. The Labute approximate surface area is 104 Å². The van der Waals surface area contributed by atoms with Crippen LogP contribution in [0.15, 0.2) is 36.4 Å². The van der Waals surface area contributed by atoms with Gasteiger partial charge in [0.05, 0.1) is 5.69 Å². The van der Waals surface area contributed by atoms with Crippen molar-refractivity contribution in [2.45, 2.75) is 40.7 Å². The first-order chi connectivity index (χ1) is 8.29. The number of aryl methyl sites for hydroxylation is 2. The van der Waals surface area contributed by atoms with Gasteiger partial charge in [0, 0.05) is 18.7 Å². The molecule has 92 valence electrons. The van der Waals surface area contributed by atoms with Crippen LogP contribution in [0.4, 0.5) is 0 Å². The molecule has 0 bridgehead atoms. The molecular weight excluding hydrogens is 208 g/mol. The van der Waals surface area contributed by atoms with Crippen LogP contribution in [0.5, 0.6) is 0 Å². The fourth-order valence-corrected chi connectivity index (χ4v) is 1.79. The number of hydrogen-bond acceptors (Lipinski definition) is 1. The maximum absolute atomic E-state index is 4.54. The van der Waals surface area contributed by atoms with Crippen molar-refractivity contribution in [2.24, 2.45) is 0 Å². The highest BCUT2D eigenvalue weighted by Gasteiger charge is 2.03. The second-order valence-electron chi connectivity index (χ2n) is 3.76. The molecule has 0 saturated heterocycles. The van der Waals surface area contributed by atoms with Gasteiger partial charge >= 0.3 is 0 Å². The van der Waals surface area contributed by atoms with Crippen LogP contribution < -0.4 is 0 Å². The Balaban J connectivity index is 0.000000686. The third-order valence-electron chi connectivity index (χ3n) is 2.56. The van der Waals surface area contributed by atoms with E-state index in [1.807, 2.05) is 24.6 Å². The first kappa shape index (κ1) is 13.5. The van der Waals surface area contributed by atoms with E-state index in [1.165, 1.54) is 11.3 Å². The first-order valence-corrected chi connectivity index (χ1v) is 6.37. The summed E-state index contributed by atoms with van der Waals surface area (Å²) in [4.78, 5) is 0. The number of aromatic nitrogens is 2. The van der Waals surface area contributed by atoms with Crippen LogP contribution in [0.2, 0.25) is 0 Å². The molecule has 2 nitrogen and oxygen atoms in total. The summed E-state index contributed by atoms with van der Waals surface area (Å²) in [5.41, 5.74) is 3.71. The molecule has 0 spiro atoms. The first-order valence-electron chi connectivity index (χ1n) is 6.37. The second-order valence-corrected chi connectivity index (χ2v) is 3.76. The lowest BCUT2D eigenvalue weighted by atomic mass is 10.1. The third kappa shape index (κ3) is 3.74. The van der Waals surface area contributed by atoms with Crippen LogP contribution in [0.3, 0.4) is 0 Å². The quantitative estimate of drug-likeness (QED) is 0.783. The predicted octanol–water partition coefficient (Wildman–Crippen LogP) is 3.83. The largest absolute Gasteiger partial charge is 0.270 e. The van der Waals surface area contributed by atoms with Crippen LogP contribution in [0, 0.1) is 6.92 Å². The van der Waals surface area contributed by atoms with Crippen LogP contribution >= 0.6 is 0 Å². The molecular formula is C15H22N2. The average Bonchev–Trinajstić information content (AvgIpc) is 2.73. The summed E-state index contributed by atoms with van der Waals surface area (Å²) in [7, 11) is 0. The van der Waals surface area contributed by atoms with Gasteiger partial charge in [-0.25, -0.2) is 0 Å². The van der Waals surface area contributed by atoms with Gasteiger partial charge in [0.2, 0.25) is 0 Å². The maximum Gasteiger partial charge on any atom is 0.0671 e. The fraction of sp³-hybridized carbons (Fsp3) is 0.400. The van der Waals surface area contributed by atoms with Crippen LogP contribution in [0.1, 0.15) is 37.7 Å². The Bertz CT molecular complexity index is 429. The lowest BCUT2D eigenvalue weighted by Crippen LogP contribution is -1.99. The van der Waals surface area contributed by atoms with Crippen molar-refractivity contribution in [3.63, 3.8) is 0 Å². The number of nitrogens with zero attached hydrogens (tertiary/aromatic N) is 2. The molecule has 2 aromatic rings. The van der Waals surface area contributed by atoms with Gasteiger partial charge in [-0.05, 0) is 25.5 Å². The van der Waals surface area contributed by atoms with Gasteiger partial charge in [-0.3, -0.25) is 4.68 Å². The molecule has 0 aliphatic heterocycles. The molecule has 0 unspecified atom stereocenters. The van der Waals surface area contributed by atoms with Crippen LogP contribution in [-0.4, -0.2) is 9.78 Å². The molecule has 0 saturated carbocycles. The second kappa shape index (κ2) is 6.89. The van der Waals surface area contributed by atoms with Gasteiger partial charge in [0.1, 0.15) is 0 Å². The van der Waals surface area contributed by atoms with Crippen LogP contribution in [-0.2, 0) is 13.0 Å². The summed E-state index contributed by atoms with van der Waals surface area (Å²) in [5.74, 6) is 0. The number of hydrogen-bond donors (Lipinski definition) is 0. The molecule has 0 aliphatic carbocycles. The predicted molar refractivity (Wildman–Crippen MR) is 73.2 cm³/mol. The topological polar surface area (TPSA) is 17.8 Å². The Hall–Kier alpha value is -1.57. The molecule has 0 N–H and O–H groups in total. The molecule has 1 aromatic heterocycles. The molecule has 0 radical (unpaired) electrons. The van der Waals surface area contributed by atoms with Crippen molar-refractivity contribution in [3.05, 3.63) is 53.3 Å². The summed E-state index contributed by atoms with van der Waals surface area (Å²) < 4.78 is 2.04. The van der Waals surface area contributed by atoms with Crippen molar-refractivity contribution in [1.29, 1.82) is 0 Å². The molecule has 2 rings (SSSR count). The highest BCUT2D eigenvalue weighted by atomic mass is 15.3.